The number of aliphatic hydroxyl groups excluding tert-OH is 1. The van der Waals surface area contributed by atoms with E-state index in [-0.39, 0.29) is 18.5 Å². The van der Waals surface area contributed by atoms with Gasteiger partial charge in [0.05, 0.1) is 6.04 Å². The van der Waals surface area contributed by atoms with Crippen LogP contribution < -0.4 is 10.6 Å². The number of amides is 1. The summed E-state index contributed by atoms with van der Waals surface area (Å²) in [6.07, 6.45) is 0.908. The Labute approximate surface area is 106 Å². The summed E-state index contributed by atoms with van der Waals surface area (Å²) in [5, 5.41) is 14.4. The van der Waals surface area contributed by atoms with E-state index in [2.05, 4.69) is 10.6 Å². The molecule has 6 heteroatoms. The van der Waals surface area contributed by atoms with Gasteiger partial charge in [-0.1, -0.05) is 19.3 Å². The zero-order valence-electron chi connectivity index (χ0n) is 10.7. The molecule has 1 saturated carbocycles. The van der Waals surface area contributed by atoms with E-state index >= 15 is 0 Å². The molecular weight excluding hydrogens is 242 g/mol. The molecule has 1 amide bonds. The smallest absolute Gasteiger partial charge is 0.265 e. The number of alkyl halides is 2. The fourth-order valence-corrected chi connectivity index (χ4v) is 2.05. The Morgan fingerprint density at radius 1 is 1.33 bits per heavy atom. The van der Waals surface area contributed by atoms with E-state index in [0.29, 0.717) is 0 Å². The number of hydrogen-bond acceptors (Lipinski definition) is 3. The van der Waals surface area contributed by atoms with Crippen molar-refractivity contribution in [3.05, 3.63) is 0 Å². The zero-order valence-corrected chi connectivity index (χ0v) is 10.7. The lowest BCUT2D eigenvalue weighted by atomic mass is 9.95. The number of carbonyl (C=O) groups is 1. The maximum atomic E-state index is 12.1. The third kappa shape index (κ3) is 5.27. The standard InChI is InChI=1S/C12H22F2N2O2/c1-8(15-7-10(17)11(13)14)12(18)16-9-5-3-2-4-6-9/h8-11,15,17H,2-7H2,1H3,(H,16,18). The summed E-state index contributed by atoms with van der Waals surface area (Å²) in [6.45, 7) is 1.33. The molecular formula is C12H22F2N2O2. The van der Waals surface area contributed by atoms with E-state index in [0.717, 1.165) is 25.7 Å². The molecule has 106 valence electrons. The number of aliphatic hydroxyl groups is 1. The summed E-state index contributed by atoms with van der Waals surface area (Å²) in [5.41, 5.74) is 0. The zero-order chi connectivity index (χ0) is 13.5. The molecule has 0 aliphatic heterocycles. The first-order chi connectivity index (χ1) is 8.50. The van der Waals surface area contributed by atoms with E-state index in [4.69, 9.17) is 5.11 Å². The molecule has 0 radical (unpaired) electrons. The molecule has 2 atom stereocenters. The lowest BCUT2D eigenvalue weighted by Crippen LogP contribution is -2.49. The van der Waals surface area contributed by atoms with Crippen molar-refractivity contribution in [3.63, 3.8) is 0 Å². The SMILES string of the molecule is CC(NCC(O)C(F)F)C(=O)NC1CCCCC1. The molecule has 0 spiro atoms. The Kier molecular flexibility index (Phi) is 6.49. The second-order valence-electron chi connectivity index (χ2n) is 4.88. The molecule has 1 rings (SSSR count). The van der Waals surface area contributed by atoms with Gasteiger partial charge in [0, 0.05) is 12.6 Å². The van der Waals surface area contributed by atoms with Crippen LogP contribution in [0.3, 0.4) is 0 Å². The molecule has 2 unspecified atom stereocenters. The Morgan fingerprint density at radius 2 is 1.94 bits per heavy atom. The fourth-order valence-electron chi connectivity index (χ4n) is 2.05. The molecule has 0 saturated heterocycles. The minimum Gasteiger partial charge on any atom is -0.386 e. The van der Waals surface area contributed by atoms with E-state index in [9.17, 15) is 13.6 Å². The van der Waals surface area contributed by atoms with Gasteiger partial charge >= 0.3 is 0 Å². The summed E-state index contributed by atoms with van der Waals surface area (Å²) < 4.78 is 24.1. The quantitative estimate of drug-likeness (QED) is 0.672. The van der Waals surface area contributed by atoms with Crippen LogP contribution in [0.1, 0.15) is 39.0 Å². The highest BCUT2D eigenvalue weighted by Gasteiger charge is 2.22. The van der Waals surface area contributed by atoms with Gasteiger partial charge in [0.15, 0.2) is 0 Å². The van der Waals surface area contributed by atoms with Gasteiger partial charge in [0.1, 0.15) is 6.10 Å². The number of halogens is 2. The van der Waals surface area contributed by atoms with Crippen LogP contribution in [-0.4, -0.2) is 42.2 Å². The van der Waals surface area contributed by atoms with Gasteiger partial charge in [-0.25, -0.2) is 8.78 Å². The van der Waals surface area contributed by atoms with E-state index in [1.165, 1.54) is 6.42 Å². The first-order valence-electron chi connectivity index (χ1n) is 6.50. The summed E-state index contributed by atoms with van der Waals surface area (Å²) in [7, 11) is 0. The van der Waals surface area contributed by atoms with Gasteiger partial charge in [-0.05, 0) is 19.8 Å². The minimum absolute atomic E-state index is 0.191. The van der Waals surface area contributed by atoms with Crippen LogP contribution in [0.2, 0.25) is 0 Å². The van der Waals surface area contributed by atoms with Crippen molar-refractivity contribution in [2.24, 2.45) is 0 Å². The minimum atomic E-state index is -2.79. The van der Waals surface area contributed by atoms with Crippen LogP contribution in [0.15, 0.2) is 0 Å². The largest absolute Gasteiger partial charge is 0.386 e. The Morgan fingerprint density at radius 3 is 2.50 bits per heavy atom. The fraction of sp³-hybridized carbons (Fsp3) is 0.917. The van der Waals surface area contributed by atoms with Crippen LogP contribution in [0, 0.1) is 0 Å². The lowest BCUT2D eigenvalue weighted by Gasteiger charge is -2.25. The van der Waals surface area contributed by atoms with E-state index in [1.807, 2.05) is 0 Å². The maximum absolute atomic E-state index is 12.1. The molecule has 0 bridgehead atoms. The van der Waals surface area contributed by atoms with Gasteiger partial charge in [-0.3, -0.25) is 4.79 Å². The third-order valence-corrected chi connectivity index (χ3v) is 3.27. The van der Waals surface area contributed by atoms with Crippen LogP contribution in [0.5, 0.6) is 0 Å². The van der Waals surface area contributed by atoms with Gasteiger partial charge in [0.2, 0.25) is 5.91 Å². The molecule has 0 aromatic carbocycles. The molecule has 18 heavy (non-hydrogen) atoms. The van der Waals surface area contributed by atoms with Crippen molar-refractivity contribution in [2.45, 2.75) is 63.6 Å². The highest BCUT2D eigenvalue weighted by Crippen LogP contribution is 2.17. The maximum Gasteiger partial charge on any atom is 0.265 e. The Bertz CT molecular complexity index is 258. The average Bonchev–Trinajstić information content (AvgIpc) is 2.36. The highest BCUT2D eigenvalue weighted by atomic mass is 19.3. The van der Waals surface area contributed by atoms with Crippen molar-refractivity contribution < 1.29 is 18.7 Å². The lowest BCUT2D eigenvalue weighted by molar-refractivity contribution is -0.123. The predicted molar refractivity (Wildman–Crippen MR) is 64.5 cm³/mol. The number of hydrogen-bond donors (Lipinski definition) is 3. The molecule has 4 nitrogen and oxygen atoms in total. The molecule has 3 N–H and O–H groups in total. The van der Waals surface area contributed by atoms with Crippen molar-refractivity contribution in [2.75, 3.05) is 6.54 Å². The predicted octanol–water partition coefficient (Wildman–Crippen LogP) is 1.04. The first-order valence-corrected chi connectivity index (χ1v) is 6.50. The average molecular weight is 264 g/mol. The van der Waals surface area contributed by atoms with E-state index in [1.54, 1.807) is 6.92 Å². The van der Waals surface area contributed by atoms with Crippen LogP contribution in [0.25, 0.3) is 0 Å². The number of rotatable bonds is 6. The summed E-state index contributed by atoms with van der Waals surface area (Å²) >= 11 is 0. The molecule has 1 fully saturated rings. The molecule has 1 aliphatic rings. The Balaban J connectivity index is 2.23. The topological polar surface area (TPSA) is 61.4 Å². The van der Waals surface area contributed by atoms with Crippen molar-refractivity contribution >= 4 is 5.91 Å². The second kappa shape index (κ2) is 7.63. The van der Waals surface area contributed by atoms with Gasteiger partial charge in [-0.2, -0.15) is 0 Å². The normalized spacial score (nSPS) is 20.7. The number of nitrogens with one attached hydrogen (secondary N) is 2. The van der Waals surface area contributed by atoms with Crippen LogP contribution >= 0.6 is 0 Å². The molecule has 1 aliphatic carbocycles. The van der Waals surface area contributed by atoms with Crippen LogP contribution in [-0.2, 0) is 4.79 Å². The summed E-state index contributed by atoms with van der Waals surface area (Å²) in [4.78, 5) is 11.8. The van der Waals surface area contributed by atoms with Crippen molar-refractivity contribution in [1.82, 2.24) is 10.6 Å². The Hall–Kier alpha value is -0.750. The first kappa shape index (κ1) is 15.3. The highest BCUT2D eigenvalue weighted by molar-refractivity contribution is 5.81. The summed E-state index contributed by atoms with van der Waals surface area (Å²) in [5.74, 6) is -0.191. The van der Waals surface area contributed by atoms with E-state index < -0.39 is 18.6 Å². The molecule has 0 aromatic rings. The van der Waals surface area contributed by atoms with Gasteiger partial charge in [0.25, 0.3) is 6.43 Å². The van der Waals surface area contributed by atoms with Gasteiger partial charge in [-0.15, -0.1) is 0 Å². The third-order valence-electron chi connectivity index (χ3n) is 3.27. The second-order valence-corrected chi connectivity index (χ2v) is 4.88. The van der Waals surface area contributed by atoms with Gasteiger partial charge < -0.3 is 15.7 Å². The van der Waals surface area contributed by atoms with Crippen molar-refractivity contribution in [3.8, 4) is 0 Å². The monoisotopic (exact) mass is 264 g/mol. The van der Waals surface area contributed by atoms with Crippen molar-refractivity contribution in [1.29, 1.82) is 0 Å². The molecule has 0 aromatic heterocycles. The van der Waals surface area contributed by atoms with Crippen LogP contribution in [0.4, 0.5) is 8.78 Å². The molecule has 0 heterocycles. The summed E-state index contributed by atoms with van der Waals surface area (Å²) in [6, 6.07) is -0.365. The number of carbonyl (C=O) groups excluding carboxylic acids is 1.